The summed E-state index contributed by atoms with van der Waals surface area (Å²) in [5.41, 5.74) is 1.08. The first-order valence-corrected chi connectivity index (χ1v) is 12.5. The molecule has 1 aromatic rings. The smallest absolute Gasteiger partial charge is 0.410 e. The number of ether oxygens (including phenoxy) is 1. The minimum absolute atomic E-state index is 0.0402. The van der Waals surface area contributed by atoms with Crippen LogP contribution >= 0.6 is 0 Å². The predicted molar refractivity (Wildman–Crippen MR) is 111 cm³/mol. The molecule has 0 N–H and O–H groups in total. The monoisotopic (exact) mass is 379 g/mol. The molecule has 5 heteroatoms. The van der Waals surface area contributed by atoms with Crippen LogP contribution in [0.3, 0.4) is 0 Å². The molecule has 0 bridgehead atoms. The van der Waals surface area contributed by atoms with Gasteiger partial charge < -0.3 is 14.1 Å². The number of amides is 1. The van der Waals surface area contributed by atoms with Gasteiger partial charge in [0.1, 0.15) is 5.75 Å². The Bertz CT molecular complexity index is 576. The molecular weight excluding hydrogens is 342 g/mol. The maximum atomic E-state index is 12.3. The topological polar surface area (TPSA) is 38.8 Å². The van der Waals surface area contributed by atoms with Crippen molar-refractivity contribution in [1.29, 1.82) is 0 Å². The maximum Gasteiger partial charge on any atom is 0.410 e. The second kappa shape index (κ2) is 8.93. The Balaban J connectivity index is 2.84. The van der Waals surface area contributed by atoms with Crippen LogP contribution in [0, 0.1) is 5.92 Å². The molecule has 1 aromatic carbocycles. The number of rotatable bonds is 7. The molecule has 0 saturated heterocycles. The van der Waals surface area contributed by atoms with Crippen molar-refractivity contribution in [1.82, 2.24) is 4.90 Å². The average molecular weight is 380 g/mol. The quantitative estimate of drug-likeness (QED) is 0.526. The number of hydrogen-bond acceptors (Lipinski definition) is 3. The van der Waals surface area contributed by atoms with Crippen LogP contribution in [-0.4, -0.2) is 32.5 Å². The largest absolute Gasteiger partial charge is 0.544 e. The minimum Gasteiger partial charge on any atom is -0.544 e. The van der Waals surface area contributed by atoms with Crippen molar-refractivity contribution in [3.63, 3.8) is 0 Å². The van der Waals surface area contributed by atoms with Crippen molar-refractivity contribution >= 4 is 14.4 Å². The molecule has 4 nitrogen and oxygen atoms in total. The molecule has 26 heavy (non-hydrogen) atoms. The fourth-order valence-corrected chi connectivity index (χ4v) is 3.36. The summed E-state index contributed by atoms with van der Waals surface area (Å²) < 4.78 is 11.7. The molecule has 0 aromatic heterocycles. The van der Waals surface area contributed by atoms with Gasteiger partial charge in [-0.2, -0.15) is 0 Å². The fraction of sp³-hybridized carbons (Fsp3) is 0.667. The van der Waals surface area contributed by atoms with E-state index < -0.39 is 8.32 Å². The van der Waals surface area contributed by atoms with E-state index in [0.29, 0.717) is 19.1 Å². The lowest BCUT2D eigenvalue weighted by atomic mass is 10.1. The van der Waals surface area contributed by atoms with Gasteiger partial charge in [0.25, 0.3) is 0 Å². The van der Waals surface area contributed by atoms with Crippen LogP contribution in [0.15, 0.2) is 24.3 Å². The molecule has 0 saturated carbocycles. The summed E-state index contributed by atoms with van der Waals surface area (Å²) in [5.74, 6) is 1.23. The second-order valence-electron chi connectivity index (χ2n) is 8.86. The van der Waals surface area contributed by atoms with Gasteiger partial charge in [-0.1, -0.05) is 46.8 Å². The van der Waals surface area contributed by atoms with Gasteiger partial charge in [-0.05, 0) is 55.6 Å². The van der Waals surface area contributed by atoms with Gasteiger partial charge in [0, 0.05) is 6.54 Å². The van der Waals surface area contributed by atoms with Gasteiger partial charge in [-0.25, -0.2) is 4.79 Å². The molecule has 0 unspecified atom stereocenters. The molecule has 0 aliphatic heterocycles. The van der Waals surface area contributed by atoms with Crippen LogP contribution in [0.25, 0.3) is 0 Å². The zero-order valence-electron chi connectivity index (χ0n) is 18.1. The lowest BCUT2D eigenvalue weighted by molar-refractivity contribution is 0.0816. The molecule has 1 amide bonds. The van der Waals surface area contributed by atoms with Crippen LogP contribution in [0.2, 0.25) is 18.1 Å². The first-order chi connectivity index (χ1) is 11.9. The Hall–Kier alpha value is -1.49. The molecule has 0 heterocycles. The molecule has 0 radical (unpaired) electrons. The second-order valence-corrected chi connectivity index (χ2v) is 13.6. The summed E-state index contributed by atoms with van der Waals surface area (Å²) in [4.78, 5) is 14.1. The van der Waals surface area contributed by atoms with E-state index in [1.54, 1.807) is 4.90 Å². The van der Waals surface area contributed by atoms with E-state index in [1.165, 1.54) is 0 Å². The molecule has 0 spiro atoms. The highest BCUT2D eigenvalue weighted by Crippen LogP contribution is 2.37. The van der Waals surface area contributed by atoms with Gasteiger partial charge in [0.15, 0.2) is 0 Å². The van der Waals surface area contributed by atoms with E-state index >= 15 is 0 Å². The van der Waals surface area contributed by atoms with Crippen molar-refractivity contribution in [2.24, 2.45) is 5.92 Å². The van der Waals surface area contributed by atoms with Crippen molar-refractivity contribution in [3.05, 3.63) is 29.8 Å². The lowest BCUT2D eigenvalue weighted by Crippen LogP contribution is -2.43. The lowest BCUT2D eigenvalue weighted by Gasteiger charge is -2.36. The minimum atomic E-state index is -1.84. The van der Waals surface area contributed by atoms with Crippen molar-refractivity contribution in [2.75, 3.05) is 13.2 Å². The van der Waals surface area contributed by atoms with Crippen LogP contribution < -0.4 is 4.43 Å². The number of hydrogen-bond donors (Lipinski definition) is 0. The first-order valence-electron chi connectivity index (χ1n) is 9.61. The molecule has 0 aliphatic rings. The summed E-state index contributed by atoms with van der Waals surface area (Å²) in [6, 6.07) is 8.08. The molecule has 1 rings (SSSR count). The third kappa shape index (κ3) is 6.04. The summed E-state index contributed by atoms with van der Waals surface area (Å²) in [5, 5.41) is 0.165. The maximum absolute atomic E-state index is 12.3. The molecule has 148 valence electrons. The molecule has 0 aliphatic carbocycles. The van der Waals surface area contributed by atoms with Gasteiger partial charge in [-0.3, -0.25) is 0 Å². The number of benzene rings is 1. The van der Waals surface area contributed by atoms with Crippen LogP contribution in [0.1, 0.15) is 60.1 Å². The summed E-state index contributed by atoms with van der Waals surface area (Å²) in [6.07, 6.45) is -0.254. The Morgan fingerprint density at radius 3 is 2.08 bits per heavy atom. The third-order valence-electron chi connectivity index (χ3n) is 5.12. The standard InChI is InChI=1S/C21H37NO3Si/c1-10-22(20(23)24-15-16(2)3)17(4)18-11-13-19(14-12-18)25-26(8,9)21(5,6)7/h11-14,16-17H,10,15H2,1-9H3/t17-/m1/s1. The fourth-order valence-electron chi connectivity index (χ4n) is 2.32. The molecular formula is C21H37NO3Si. The van der Waals surface area contributed by atoms with E-state index in [-0.39, 0.29) is 17.2 Å². The van der Waals surface area contributed by atoms with Crippen molar-refractivity contribution in [3.8, 4) is 5.75 Å². The zero-order chi connectivity index (χ0) is 20.1. The van der Waals surface area contributed by atoms with E-state index in [2.05, 4.69) is 33.9 Å². The Morgan fingerprint density at radius 2 is 1.65 bits per heavy atom. The molecule has 1 atom stereocenters. The third-order valence-corrected chi connectivity index (χ3v) is 9.48. The van der Waals surface area contributed by atoms with Gasteiger partial charge in [0.05, 0.1) is 12.6 Å². The van der Waals surface area contributed by atoms with E-state index in [9.17, 15) is 4.79 Å². The Labute approximate surface area is 161 Å². The highest BCUT2D eigenvalue weighted by atomic mass is 28.4. The number of carbonyl (C=O) groups is 1. The Morgan fingerprint density at radius 1 is 1.12 bits per heavy atom. The normalized spacial score (nSPS) is 13.5. The SMILES string of the molecule is CCN(C(=O)OCC(C)C)[C@H](C)c1ccc(O[Si](C)(C)C(C)(C)C)cc1. The first kappa shape index (κ1) is 22.5. The average Bonchev–Trinajstić information content (AvgIpc) is 2.52. The van der Waals surface area contributed by atoms with Crippen LogP contribution in [-0.2, 0) is 4.74 Å². The van der Waals surface area contributed by atoms with Crippen molar-refractivity contribution in [2.45, 2.75) is 72.6 Å². The summed E-state index contributed by atoms with van der Waals surface area (Å²) in [6.45, 7) is 20.3. The van der Waals surface area contributed by atoms with Gasteiger partial charge >= 0.3 is 6.09 Å². The zero-order valence-corrected chi connectivity index (χ0v) is 19.1. The van der Waals surface area contributed by atoms with Crippen molar-refractivity contribution < 1.29 is 14.0 Å². The molecule has 0 fully saturated rings. The predicted octanol–water partition coefficient (Wildman–Crippen LogP) is 6.25. The highest BCUT2D eigenvalue weighted by molar-refractivity contribution is 6.74. The van der Waals surface area contributed by atoms with E-state index in [0.717, 1.165) is 11.3 Å². The number of nitrogens with zero attached hydrogens (tertiary/aromatic N) is 1. The van der Waals surface area contributed by atoms with Gasteiger partial charge in [-0.15, -0.1) is 0 Å². The Kier molecular flexibility index (Phi) is 7.75. The van der Waals surface area contributed by atoms with E-state index in [4.69, 9.17) is 9.16 Å². The summed E-state index contributed by atoms with van der Waals surface area (Å²) >= 11 is 0. The van der Waals surface area contributed by atoms with Crippen LogP contribution in [0.4, 0.5) is 4.79 Å². The summed E-state index contributed by atoms with van der Waals surface area (Å²) in [7, 11) is -1.84. The van der Waals surface area contributed by atoms with E-state index in [1.807, 2.05) is 52.0 Å². The number of carbonyl (C=O) groups excluding carboxylic acids is 1. The highest BCUT2D eigenvalue weighted by Gasteiger charge is 2.38. The van der Waals surface area contributed by atoms with Gasteiger partial charge in [0.2, 0.25) is 8.32 Å². The van der Waals surface area contributed by atoms with Crippen LogP contribution in [0.5, 0.6) is 5.75 Å².